The molecular formula is C14H18N4O2. The fourth-order valence-electron chi connectivity index (χ4n) is 2.82. The Labute approximate surface area is 117 Å². The molecule has 0 atom stereocenters. The molecule has 1 aromatic carbocycles. The molecular weight excluding hydrogens is 256 g/mol. The highest BCUT2D eigenvalue weighted by molar-refractivity contribution is 5.80. The zero-order valence-electron chi connectivity index (χ0n) is 11.5. The first-order chi connectivity index (χ1) is 9.67. The van der Waals surface area contributed by atoms with Gasteiger partial charge in [-0.3, -0.25) is 14.8 Å². The van der Waals surface area contributed by atoms with E-state index in [-0.39, 0.29) is 10.6 Å². The first-order valence-electron chi connectivity index (χ1n) is 7.03. The van der Waals surface area contributed by atoms with Crippen molar-refractivity contribution in [2.24, 2.45) is 0 Å². The van der Waals surface area contributed by atoms with Gasteiger partial charge in [0.1, 0.15) is 0 Å². The van der Waals surface area contributed by atoms with Crippen molar-refractivity contribution in [3.05, 3.63) is 34.5 Å². The predicted octanol–water partition coefficient (Wildman–Crippen LogP) is 2.60. The second kappa shape index (κ2) is 5.20. The van der Waals surface area contributed by atoms with Crippen molar-refractivity contribution in [3.63, 3.8) is 0 Å². The lowest BCUT2D eigenvalue weighted by Gasteiger charge is -2.31. The summed E-state index contributed by atoms with van der Waals surface area (Å²) in [6, 6.07) is 5.27. The number of likely N-dealkylation sites (tertiary alicyclic amines) is 1. The summed E-state index contributed by atoms with van der Waals surface area (Å²) in [5.41, 5.74) is 0.806. The van der Waals surface area contributed by atoms with Crippen LogP contribution in [0.5, 0.6) is 0 Å². The first-order valence-corrected chi connectivity index (χ1v) is 7.03. The molecule has 6 heteroatoms. The Morgan fingerprint density at radius 2 is 2.15 bits per heavy atom. The number of nitro benzene ring substituents is 1. The molecule has 1 aliphatic rings. The maximum absolute atomic E-state index is 10.8. The minimum atomic E-state index is -0.377. The van der Waals surface area contributed by atoms with E-state index in [1.807, 2.05) is 10.9 Å². The molecule has 0 saturated carbocycles. The van der Waals surface area contributed by atoms with Gasteiger partial charge in [-0.25, -0.2) is 0 Å². The van der Waals surface area contributed by atoms with Crippen LogP contribution in [0.15, 0.2) is 24.4 Å². The number of benzene rings is 1. The minimum absolute atomic E-state index is 0.101. The molecule has 0 bridgehead atoms. The topological polar surface area (TPSA) is 64.2 Å². The SMILES string of the molecule is CCN1CCC(n2cc3ccc([N+](=O)[O-])cc3n2)CC1. The number of fused-ring (bicyclic) bond motifs is 1. The van der Waals surface area contributed by atoms with Crippen LogP contribution in [0.4, 0.5) is 5.69 Å². The zero-order valence-corrected chi connectivity index (χ0v) is 11.5. The van der Waals surface area contributed by atoms with Crippen LogP contribution in [-0.4, -0.2) is 39.2 Å². The van der Waals surface area contributed by atoms with E-state index >= 15 is 0 Å². The Balaban J connectivity index is 1.84. The minimum Gasteiger partial charge on any atom is -0.303 e. The average Bonchev–Trinajstić information content (AvgIpc) is 2.90. The van der Waals surface area contributed by atoms with Crippen molar-refractivity contribution >= 4 is 16.6 Å². The van der Waals surface area contributed by atoms with Crippen molar-refractivity contribution in [1.29, 1.82) is 0 Å². The van der Waals surface area contributed by atoms with Gasteiger partial charge < -0.3 is 4.90 Å². The largest absolute Gasteiger partial charge is 0.303 e. The first kappa shape index (κ1) is 13.1. The number of hydrogen-bond donors (Lipinski definition) is 0. The molecule has 0 unspecified atom stereocenters. The second-order valence-corrected chi connectivity index (χ2v) is 5.27. The van der Waals surface area contributed by atoms with Crippen molar-refractivity contribution in [2.75, 3.05) is 19.6 Å². The van der Waals surface area contributed by atoms with Gasteiger partial charge in [0.05, 0.1) is 16.5 Å². The summed E-state index contributed by atoms with van der Waals surface area (Å²) in [6.07, 6.45) is 4.18. The molecule has 0 spiro atoms. The number of piperidine rings is 1. The van der Waals surface area contributed by atoms with Crippen molar-refractivity contribution in [2.45, 2.75) is 25.8 Å². The molecule has 1 fully saturated rings. The van der Waals surface area contributed by atoms with Crippen LogP contribution in [0.1, 0.15) is 25.8 Å². The molecule has 0 radical (unpaired) electrons. The van der Waals surface area contributed by atoms with Gasteiger partial charge in [0.25, 0.3) is 5.69 Å². The molecule has 0 N–H and O–H groups in total. The molecule has 6 nitrogen and oxygen atoms in total. The summed E-state index contributed by atoms with van der Waals surface area (Å²) in [7, 11) is 0. The summed E-state index contributed by atoms with van der Waals surface area (Å²) >= 11 is 0. The van der Waals surface area contributed by atoms with Gasteiger partial charge in [0.15, 0.2) is 0 Å². The van der Waals surface area contributed by atoms with Crippen LogP contribution < -0.4 is 0 Å². The lowest BCUT2D eigenvalue weighted by Crippen LogP contribution is -2.34. The van der Waals surface area contributed by atoms with E-state index in [4.69, 9.17) is 0 Å². The Bertz CT molecular complexity index is 629. The molecule has 3 rings (SSSR count). The standard InChI is InChI=1S/C14H18N4O2/c1-2-16-7-5-12(6-8-16)17-10-11-3-4-13(18(19)20)9-14(11)15-17/h3-4,9-10,12H,2,5-8H2,1H3. The van der Waals surface area contributed by atoms with Crippen LogP contribution in [0, 0.1) is 10.1 Å². The lowest BCUT2D eigenvalue weighted by atomic mass is 10.1. The van der Waals surface area contributed by atoms with Crippen LogP contribution >= 0.6 is 0 Å². The average molecular weight is 274 g/mol. The van der Waals surface area contributed by atoms with Gasteiger partial charge in [-0.1, -0.05) is 6.92 Å². The van der Waals surface area contributed by atoms with Gasteiger partial charge in [-0.2, -0.15) is 5.10 Å². The molecule has 1 saturated heterocycles. The van der Waals surface area contributed by atoms with Crippen LogP contribution in [0.2, 0.25) is 0 Å². The molecule has 1 aliphatic heterocycles. The third kappa shape index (κ3) is 2.38. The zero-order chi connectivity index (χ0) is 14.1. The van der Waals surface area contributed by atoms with E-state index in [0.717, 1.165) is 37.9 Å². The Hall–Kier alpha value is -1.95. The van der Waals surface area contributed by atoms with E-state index in [2.05, 4.69) is 16.9 Å². The Morgan fingerprint density at radius 3 is 2.80 bits per heavy atom. The number of hydrogen-bond acceptors (Lipinski definition) is 4. The highest BCUT2D eigenvalue weighted by Crippen LogP contribution is 2.25. The van der Waals surface area contributed by atoms with Gasteiger partial charge in [0.2, 0.25) is 0 Å². The van der Waals surface area contributed by atoms with E-state index in [0.29, 0.717) is 11.6 Å². The quantitative estimate of drug-likeness (QED) is 0.637. The summed E-state index contributed by atoms with van der Waals surface area (Å²) in [5, 5.41) is 16.3. The van der Waals surface area contributed by atoms with Crippen LogP contribution in [0.25, 0.3) is 10.9 Å². The Morgan fingerprint density at radius 1 is 1.40 bits per heavy atom. The number of non-ortho nitro benzene ring substituents is 1. The Kier molecular flexibility index (Phi) is 3.40. The molecule has 106 valence electrons. The monoisotopic (exact) mass is 274 g/mol. The summed E-state index contributed by atoms with van der Waals surface area (Å²) in [6.45, 7) is 5.47. The van der Waals surface area contributed by atoms with E-state index < -0.39 is 0 Å². The lowest BCUT2D eigenvalue weighted by molar-refractivity contribution is -0.384. The summed E-state index contributed by atoms with van der Waals surface area (Å²) < 4.78 is 1.99. The second-order valence-electron chi connectivity index (χ2n) is 5.27. The van der Waals surface area contributed by atoms with Crippen LogP contribution in [-0.2, 0) is 0 Å². The molecule has 2 aromatic rings. The molecule has 2 heterocycles. The smallest absolute Gasteiger partial charge is 0.271 e. The number of aromatic nitrogens is 2. The number of rotatable bonds is 3. The molecule has 0 amide bonds. The number of nitro groups is 1. The fourth-order valence-corrected chi connectivity index (χ4v) is 2.82. The van der Waals surface area contributed by atoms with Crippen LogP contribution in [0.3, 0.4) is 0 Å². The predicted molar refractivity (Wildman–Crippen MR) is 76.8 cm³/mol. The van der Waals surface area contributed by atoms with Gasteiger partial charge in [-0.05, 0) is 25.5 Å². The number of nitrogens with zero attached hydrogens (tertiary/aromatic N) is 4. The van der Waals surface area contributed by atoms with Crippen molar-refractivity contribution < 1.29 is 4.92 Å². The van der Waals surface area contributed by atoms with E-state index in [9.17, 15) is 10.1 Å². The maximum Gasteiger partial charge on any atom is 0.271 e. The molecule has 20 heavy (non-hydrogen) atoms. The van der Waals surface area contributed by atoms with Gasteiger partial charge >= 0.3 is 0 Å². The molecule has 1 aromatic heterocycles. The highest BCUT2D eigenvalue weighted by atomic mass is 16.6. The summed E-state index contributed by atoms with van der Waals surface area (Å²) in [4.78, 5) is 12.8. The summed E-state index contributed by atoms with van der Waals surface area (Å²) in [5.74, 6) is 0. The van der Waals surface area contributed by atoms with Gasteiger partial charge in [0, 0.05) is 36.8 Å². The molecule has 0 aliphatic carbocycles. The van der Waals surface area contributed by atoms with E-state index in [1.165, 1.54) is 6.07 Å². The fraction of sp³-hybridized carbons (Fsp3) is 0.500. The normalized spacial score (nSPS) is 17.6. The van der Waals surface area contributed by atoms with Crippen molar-refractivity contribution in [3.8, 4) is 0 Å². The van der Waals surface area contributed by atoms with E-state index in [1.54, 1.807) is 12.1 Å². The third-order valence-corrected chi connectivity index (χ3v) is 4.10. The maximum atomic E-state index is 10.8. The third-order valence-electron chi connectivity index (χ3n) is 4.10. The highest BCUT2D eigenvalue weighted by Gasteiger charge is 2.20. The van der Waals surface area contributed by atoms with Crippen molar-refractivity contribution in [1.82, 2.24) is 14.7 Å². The van der Waals surface area contributed by atoms with Gasteiger partial charge in [-0.15, -0.1) is 0 Å².